The summed E-state index contributed by atoms with van der Waals surface area (Å²) in [6, 6.07) is 12.0. The fourth-order valence-corrected chi connectivity index (χ4v) is 2.60. The van der Waals surface area contributed by atoms with Crippen molar-refractivity contribution in [3.8, 4) is 17.2 Å². The van der Waals surface area contributed by atoms with Crippen molar-refractivity contribution in [2.45, 2.75) is 19.8 Å². The normalized spacial score (nSPS) is 10.3. The van der Waals surface area contributed by atoms with Gasteiger partial charge in [0.15, 0.2) is 17.3 Å². The molecule has 2 aromatic carbocycles. The lowest BCUT2D eigenvalue weighted by molar-refractivity contribution is -0.116. The van der Waals surface area contributed by atoms with Crippen molar-refractivity contribution in [3.63, 3.8) is 0 Å². The highest BCUT2D eigenvalue weighted by Crippen LogP contribution is 2.30. The first kappa shape index (κ1) is 22.2. The van der Waals surface area contributed by atoms with Crippen LogP contribution in [0.15, 0.2) is 42.5 Å². The molecule has 7 heteroatoms. The molecule has 156 valence electrons. The molecule has 0 bridgehead atoms. The number of benzene rings is 2. The van der Waals surface area contributed by atoms with Gasteiger partial charge in [0.05, 0.1) is 20.3 Å². The standard InChI is InChI=1S/C22H27NO6/c1-4-28-18-8-5-16(6-9-18)19(24)10-12-22(25)23-17-7-11-20(27-3)21(15-17)29-14-13-26-2/h5-9,11,15H,4,10,12-14H2,1-3H3,(H,23,25). The lowest BCUT2D eigenvalue weighted by Gasteiger charge is -2.12. The van der Waals surface area contributed by atoms with Crippen LogP contribution in [0.3, 0.4) is 0 Å². The zero-order chi connectivity index (χ0) is 21.1. The Morgan fingerprint density at radius 1 is 0.897 bits per heavy atom. The molecule has 0 aliphatic carbocycles. The van der Waals surface area contributed by atoms with Crippen LogP contribution in [0.2, 0.25) is 0 Å². The molecule has 0 aromatic heterocycles. The van der Waals surface area contributed by atoms with Crippen LogP contribution in [-0.4, -0.2) is 45.7 Å². The molecule has 0 aliphatic rings. The minimum absolute atomic E-state index is 0.0813. The predicted octanol–water partition coefficient (Wildman–Crippen LogP) is 3.72. The van der Waals surface area contributed by atoms with E-state index in [0.29, 0.717) is 48.3 Å². The monoisotopic (exact) mass is 401 g/mol. The summed E-state index contributed by atoms with van der Waals surface area (Å²) in [4.78, 5) is 24.5. The lowest BCUT2D eigenvalue weighted by atomic mass is 10.1. The molecule has 7 nitrogen and oxygen atoms in total. The third-order valence-corrected chi connectivity index (χ3v) is 4.06. The number of rotatable bonds is 12. The Labute approximate surface area is 170 Å². The second kappa shape index (κ2) is 11.7. The van der Waals surface area contributed by atoms with Gasteiger partial charge in [-0.05, 0) is 43.3 Å². The zero-order valence-electron chi connectivity index (χ0n) is 17.0. The number of ether oxygens (including phenoxy) is 4. The fourth-order valence-electron chi connectivity index (χ4n) is 2.60. The smallest absolute Gasteiger partial charge is 0.224 e. The Kier molecular flexibility index (Phi) is 8.98. The van der Waals surface area contributed by atoms with Gasteiger partial charge in [-0.25, -0.2) is 0 Å². The Morgan fingerprint density at radius 2 is 1.66 bits per heavy atom. The number of carbonyl (C=O) groups is 2. The number of hydrogen-bond donors (Lipinski definition) is 1. The van der Waals surface area contributed by atoms with Crippen LogP contribution in [0.1, 0.15) is 30.1 Å². The molecule has 0 radical (unpaired) electrons. The summed E-state index contributed by atoms with van der Waals surface area (Å²) >= 11 is 0. The third kappa shape index (κ3) is 7.12. The minimum atomic E-state index is -0.253. The molecule has 0 saturated carbocycles. The molecule has 0 unspecified atom stereocenters. The SMILES string of the molecule is CCOc1ccc(C(=O)CCC(=O)Nc2ccc(OC)c(OCCOC)c2)cc1. The highest BCUT2D eigenvalue weighted by molar-refractivity contribution is 6.00. The topological polar surface area (TPSA) is 83.1 Å². The second-order valence-corrected chi connectivity index (χ2v) is 6.14. The summed E-state index contributed by atoms with van der Waals surface area (Å²) in [6.07, 6.45) is 0.200. The van der Waals surface area contributed by atoms with E-state index < -0.39 is 0 Å². The number of ketones is 1. The quantitative estimate of drug-likeness (QED) is 0.431. The first-order chi connectivity index (χ1) is 14.1. The van der Waals surface area contributed by atoms with E-state index in [1.54, 1.807) is 56.7 Å². The van der Waals surface area contributed by atoms with Crippen molar-refractivity contribution >= 4 is 17.4 Å². The van der Waals surface area contributed by atoms with Gasteiger partial charge in [0.25, 0.3) is 0 Å². The third-order valence-electron chi connectivity index (χ3n) is 4.06. The Hall–Kier alpha value is -3.06. The van der Waals surface area contributed by atoms with E-state index in [4.69, 9.17) is 18.9 Å². The average molecular weight is 401 g/mol. The summed E-state index contributed by atoms with van der Waals surface area (Å²) in [5.41, 5.74) is 1.12. The van der Waals surface area contributed by atoms with Gasteiger partial charge in [-0.3, -0.25) is 9.59 Å². The van der Waals surface area contributed by atoms with Crippen LogP contribution < -0.4 is 19.5 Å². The highest BCUT2D eigenvalue weighted by atomic mass is 16.5. The second-order valence-electron chi connectivity index (χ2n) is 6.14. The molecule has 0 saturated heterocycles. The van der Waals surface area contributed by atoms with Gasteiger partial charge in [0, 0.05) is 37.3 Å². The van der Waals surface area contributed by atoms with Crippen LogP contribution in [0.5, 0.6) is 17.2 Å². The van der Waals surface area contributed by atoms with Crippen molar-refractivity contribution in [2.75, 3.05) is 39.4 Å². The van der Waals surface area contributed by atoms with Gasteiger partial charge in [0.1, 0.15) is 12.4 Å². The molecule has 1 N–H and O–H groups in total. The molecule has 0 heterocycles. The summed E-state index contributed by atoms with van der Waals surface area (Å²) in [5.74, 6) is 1.43. The van der Waals surface area contributed by atoms with Crippen LogP contribution >= 0.6 is 0 Å². The van der Waals surface area contributed by atoms with Gasteiger partial charge in [0.2, 0.25) is 5.91 Å². The molecule has 0 spiro atoms. The van der Waals surface area contributed by atoms with Crippen molar-refractivity contribution in [1.82, 2.24) is 0 Å². The van der Waals surface area contributed by atoms with Gasteiger partial charge < -0.3 is 24.3 Å². The van der Waals surface area contributed by atoms with E-state index in [2.05, 4.69) is 5.32 Å². The van der Waals surface area contributed by atoms with Crippen LogP contribution in [0.4, 0.5) is 5.69 Å². The molecule has 1 amide bonds. The van der Waals surface area contributed by atoms with Gasteiger partial charge in [-0.2, -0.15) is 0 Å². The lowest BCUT2D eigenvalue weighted by Crippen LogP contribution is -2.14. The molecule has 0 fully saturated rings. The van der Waals surface area contributed by atoms with Crippen LogP contribution in [0, 0.1) is 0 Å². The Bertz CT molecular complexity index is 803. The van der Waals surface area contributed by atoms with E-state index in [1.165, 1.54) is 0 Å². The molecule has 29 heavy (non-hydrogen) atoms. The Balaban J connectivity index is 1.89. The number of methoxy groups -OCH3 is 2. The number of hydrogen-bond acceptors (Lipinski definition) is 6. The average Bonchev–Trinajstić information content (AvgIpc) is 2.73. The number of carbonyl (C=O) groups excluding carboxylic acids is 2. The summed E-state index contributed by atoms with van der Waals surface area (Å²) < 4.78 is 21.2. The summed E-state index contributed by atoms with van der Waals surface area (Å²) in [6.45, 7) is 3.27. The van der Waals surface area contributed by atoms with Crippen LogP contribution in [-0.2, 0) is 9.53 Å². The maximum Gasteiger partial charge on any atom is 0.224 e. The molecule has 0 aliphatic heterocycles. The molecule has 2 rings (SSSR count). The van der Waals surface area contributed by atoms with E-state index in [0.717, 1.165) is 0 Å². The van der Waals surface area contributed by atoms with Gasteiger partial charge >= 0.3 is 0 Å². The predicted molar refractivity (Wildman–Crippen MR) is 110 cm³/mol. The number of anilines is 1. The Morgan fingerprint density at radius 3 is 2.31 bits per heavy atom. The van der Waals surface area contributed by atoms with E-state index >= 15 is 0 Å². The number of nitrogens with one attached hydrogen (secondary N) is 1. The largest absolute Gasteiger partial charge is 0.494 e. The molecular formula is C22H27NO6. The first-order valence-electron chi connectivity index (χ1n) is 9.43. The van der Waals surface area contributed by atoms with Gasteiger partial charge in [-0.1, -0.05) is 0 Å². The molecule has 0 atom stereocenters. The van der Waals surface area contributed by atoms with E-state index in [1.807, 2.05) is 6.92 Å². The maximum absolute atomic E-state index is 12.3. The molecular weight excluding hydrogens is 374 g/mol. The first-order valence-corrected chi connectivity index (χ1v) is 9.43. The van der Waals surface area contributed by atoms with E-state index in [-0.39, 0.29) is 24.5 Å². The zero-order valence-corrected chi connectivity index (χ0v) is 17.0. The number of amides is 1. The van der Waals surface area contributed by atoms with Crippen molar-refractivity contribution in [1.29, 1.82) is 0 Å². The molecule has 2 aromatic rings. The maximum atomic E-state index is 12.3. The van der Waals surface area contributed by atoms with Gasteiger partial charge in [-0.15, -0.1) is 0 Å². The van der Waals surface area contributed by atoms with Crippen molar-refractivity contribution in [2.24, 2.45) is 0 Å². The van der Waals surface area contributed by atoms with Crippen molar-refractivity contribution in [3.05, 3.63) is 48.0 Å². The van der Waals surface area contributed by atoms with Crippen molar-refractivity contribution < 1.29 is 28.5 Å². The van der Waals surface area contributed by atoms with Crippen LogP contribution in [0.25, 0.3) is 0 Å². The summed E-state index contributed by atoms with van der Waals surface area (Å²) in [7, 11) is 3.13. The number of Topliss-reactive ketones (excluding diaryl/α,β-unsaturated/α-hetero) is 1. The highest BCUT2D eigenvalue weighted by Gasteiger charge is 2.12. The minimum Gasteiger partial charge on any atom is -0.494 e. The summed E-state index contributed by atoms with van der Waals surface area (Å²) in [5, 5.41) is 2.78. The van der Waals surface area contributed by atoms with E-state index in [9.17, 15) is 9.59 Å². The fraction of sp³-hybridized carbons (Fsp3) is 0.364.